The monoisotopic (exact) mass is 480 g/mol. The maximum Gasteiger partial charge on any atom is 0.192 e. The van der Waals surface area contributed by atoms with Crippen molar-refractivity contribution < 1.29 is 27.9 Å². The molecule has 4 bridgehead atoms. The van der Waals surface area contributed by atoms with Crippen LogP contribution in [0, 0.1) is 5.92 Å². The van der Waals surface area contributed by atoms with Crippen LogP contribution in [0.25, 0.3) is 0 Å². The average molecular weight is 481 g/mol. The lowest BCUT2D eigenvalue weighted by Gasteiger charge is -2.51. The number of carbonyl (C=O) groups is 2. The molecule has 0 aromatic carbocycles. The van der Waals surface area contributed by atoms with Crippen molar-refractivity contribution >= 4 is 28.2 Å². The molecule has 4 atom stereocenters. The van der Waals surface area contributed by atoms with Crippen LogP contribution in [0.1, 0.15) is 41.5 Å². The molecule has 0 amide bonds. The lowest BCUT2D eigenvalue weighted by atomic mass is 9.73. The smallest absolute Gasteiger partial charge is 0.192 e. The van der Waals surface area contributed by atoms with E-state index in [2.05, 4.69) is 67.7 Å². The van der Waals surface area contributed by atoms with Gasteiger partial charge >= 0.3 is 0 Å². The van der Waals surface area contributed by atoms with Crippen molar-refractivity contribution in [1.29, 1.82) is 0 Å². The van der Waals surface area contributed by atoms with Gasteiger partial charge in [0.15, 0.2) is 40.4 Å². The van der Waals surface area contributed by atoms with Crippen LogP contribution in [0.5, 0.6) is 0 Å². The van der Waals surface area contributed by atoms with Crippen molar-refractivity contribution in [1.82, 2.24) is 0 Å². The molecule has 3 heterocycles. The van der Waals surface area contributed by atoms with E-state index in [0.717, 1.165) is 0 Å². The number of carbonyl (C=O) groups excluding carboxylic acids is 2. The normalized spacial score (nSPS) is 30.8. The standard InChI is InChI=1S/C24H40O6Si2/c1-22(2,3)31(7,8)27-14-16-13-17-19(26)21(29-16)20-18(25)11-12-24(17,30-20)15-28-32(9,10)23(4,5)6/h11-13,17,20-21H,14-15H2,1-10H3/t17-,20+,21-,24-/m1/s1. The Bertz CT molecular complexity index is 846. The third kappa shape index (κ3) is 4.49. The minimum atomic E-state index is -2.09. The molecule has 3 aliphatic rings. The van der Waals surface area contributed by atoms with E-state index >= 15 is 0 Å². The summed E-state index contributed by atoms with van der Waals surface area (Å²) < 4.78 is 25.1. The quantitative estimate of drug-likeness (QED) is 0.510. The third-order valence-corrected chi connectivity index (χ3v) is 17.0. The maximum atomic E-state index is 13.3. The van der Waals surface area contributed by atoms with Gasteiger partial charge in [0.25, 0.3) is 0 Å². The van der Waals surface area contributed by atoms with E-state index in [1.165, 1.54) is 6.08 Å². The van der Waals surface area contributed by atoms with Gasteiger partial charge in [-0.3, -0.25) is 9.59 Å². The fourth-order valence-corrected chi connectivity index (χ4v) is 5.53. The highest BCUT2D eigenvalue weighted by Crippen LogP contribution is 2.45. The largest absolute Gasteiger partial charge is 0.482 e. The van der Waals surface area contributed by atoms with Gasteiger partial charge in [-0.05, 0) is 54.5 Å². The molecule has 3 rings (SSSR count). The topological polar surface area (TPSA) is 71.1 Å². The van der Waals surface area contributed by atoms with Gasteiger partial charge in [0.05, 0.1) is 19.1 Å². The number of ether oxygens (including phenoxy) is 2. The SMILES string of the molecule is CC(C)(C)[Si](C)(C)OCC1=C[C@@H]2C(=O)[C@@H](O1)[C@H]1O[C@@]2(CO[Si](C)(C)C(C)(C)C)C=CC1=O. The Labute approximate surface area is 195 Å². The first-order valence-electron chi connectivity index (χ1n) is 11.5. The first-order chi connectivity index (χ1) is 14.4. The molecular formula is C24H40O6Si2. The second-order valence-corrected chi connectivity index (χ2v) is 22.0. The van der Waals surface area contributed by atoms with Crippen molar-refractivity contribution in [2.45, 2.75) is 95.6 Å². The van der Waals surface area contributed by atoms with E-state index in [1.54, 1.807) is 6.08 Å². The molecule has 6 nitrogen and oxygen atoms in total. The fraction of sp³-hybridized carbons (Fsp3) is 0.750. The van der Waals surface area contributed by atoms with Gasteiger partial charge in [-0.2, -0.15) is 0 Å². The highest BCUT2D eigenvalue weighted by atomic mass is 28.4. The molecular weight excluding hydrogens is 440 g/mol. The predicted molar refractivity (Wildman–Crippen MR) is 130 cm³/mol. The van der Waals surface area contributed by atoms with Crippen LogP contribution >= 0.6 is 0 Å². The minimum absolute atomic E-state index is 0.0200. The van der Waals surface area contributed by atoms with Crippen molar-refractivity contribution in [2.24, 2.45) is 5.92 Å². The molecule has 0 aliphatic carbocycles. The lowest BCUT2D eigenvalue weighted by Crippen LogP contribution is -2.66. The summed E-state index contributed by atoms with van der Waals surface area (Å²) in [5, 5.41) is 0.0800. The van der Waals surface area contributed by atoms with Crippen LogP contribution in [-0.4, -0.2) is 59.2 Å². The summed E-state index contributed by atoms with van der Waals surface area (Å²) in [6.45, 7) is 22.3. The van der Waals surface area contributed by atoms with E-state index in [0.29, 0.717) is 12.4 Å². The van der Waals surface area contributed by atoms with Crippen molar-refractivity contribution in [3.63, 3.8) is 0 Å². The van der Waals surface area contributed by atoms with E-state index in [1.807, 2.05) is 6.08 Å². The number of fused-ring (bicyclic) bond motifs is 6. The third-order valence-electron chi connectivity index (χ3n) is 8.02. The van der Waals surface area contributed by atoms with Gasteiger partial charge in [-0.15, -0.1) is 0 Å². The van der Waals surface area contributed by atoms with E-state index in [-0.39, 0.29) is 28.2 Å². The van der Waals surface area contributed by atoms with Gasteiger partial charge in [-0.25, -0.2) is 0 Å². The molecule has 180 valence electrons. The van der Waals surface area contributed by atoms with Gasteiger partial charge in [0.2, 0.25) is 0 Å². The highest BCUT2D eigenvalue weighted by molar-refractivity contribution is 6.74. The molecule has 1 saturated heterocycles. The van der Waals surface area contributed by atoms with Crippen LogP contribution in [0.2, 0.25) is 36.3 Å². The first kappa shape index (κ1) is 25.6. The number of hydrogen-bond acceptors (Lipinski definition) is 6. The minimum Gasteiger partial charge on any atom is -0.482 e. The van der Waals surface area contributed by atoms with E-state index in [4.69, 9.17) is 18.3 Å². The Hall–Kier alpha value is -1.07. The first-order valence-corrected chi connectivity index (χ1v) is 17.3. The summed E-state index contributed by atoms with van der Waals surface area (Å²) in [7, 11) is -4.09. The Morgan fingerprint density at radius 2 is 1.50 bits per heavy atom. The maximum absolute atomic E-state index is 13.3. The van der Waals surface area contributed by atoms with Gasteiger partial charge in [-0.1, -0.05) is 41.5 Å². The molecule has 0 saturated carbocycles. The summed E-state index contributed by atoms with van der Waals surface area (Å²) in [5.74, 6) is -0.313. The number of rotatable bonds is 6. The van der Waals surface area contributed by atoms with Gasteiger partial charge in [0, 0.05) is 0 Å². The molecule has 8 heteroatoms. The second kappa shape index (κ2) is 8.01. The molecule has 32 heavy (non-hydrogen) atoms. The molecule has 0 N–H and O–H groups in total. The zero-order chi connectivity index (χ0) is 24.3. The van der Waals surface area contributed by atoms with Gasteiger partial charge in [0.1, 0.15) is 11.4 Å². The summed E-state index contributed by atoms with van der Waals surface area (Å²) in [6.07, 6.45) is 3.22. The fourth-order valence-electron chi connectivity index (χ4n) is 3.57. The summed E-state index contributed by atoms with van der Waals surface area (Å²) in [6, 6.07) is 0. The van der Waals surface area contributed by atoms with Gasteiger partial charge < -0.3 is 18.3 Å². The molecule has 0 unspecified atom stereocenters. The van der Waals surface area contributed by atoms with Crippen molar-refractivity contribution in [2.75, 3.05) is 13.2 Å². The van der Waals surface area contributed by atoms with Crippen LogP contribution in [-0.2, 0) is 27.9 Å². The lowest BCUT2D eigenvalue weighted by molar-refractivity contribution is -0.202. The van der Waals surface area contributed by atoms with E-state index < -0.39 is 40.4 Å². The molecule has 0 spiro atoms. The highest BCUT2D eigenvalue weighted by Gasteiger charge is 2.59. The average Bonchev–Trinajstić information content (AvgIpc) is 2.64. The molecule has 0 aromatic heterocycles. The van der Waals surface area contributed by atoms with E-state index in [9.17, 15) is 9.59 Å². The summed E-state index contributed by atoms with van der Waals surface area (Å²) in [4.78, 5) is 25.9. The number of hydrogen-bond donors (Lipinski definition) is 0. The molecule has 3 aliphatic heterocycles. The molecule has 0 aromatic rings. The van der Waals surface area contributed by atoms with Crippen LogP contribution in [0.3, 0.4) is 0 Å². The Morgan fingerprint density at radius 1 is 0.938 bits per heavy atom. The summed E-state index contributed by atoms with van der Waals surface area (Å²) >= 11 is 0. The van der Waals surface area contributed by atoms with Crippen molar-refractivity contribution in [3.8, 4) is 0 Å². The van der Waals surface area contributed by atoms with Crippen LogP contribution in [0.4, 0.5) is 0 Å². The Morgan fingerprint density at radius 3 is 2.06 bits per heavy atom. The zero-order valence-corrected chi connectivity index (χ0v) is 23.3. The van der Waals surface area contributed by atoms with Crippen LogP contribution < -0.4 is 0 Å². The van der Waals surface area contributed by atoms with Crippen LogP contribution in [0.15, 0.2) is 24.0 Å². The Kier molecular flexibility index (Phi) is 6.40. The zero-order valence-electron chi connectivity index (χ0n) is 21.3. The second-order valence-electron chi connectivity index (χ2n) is 12.4. The Balaban J connectivity index is 1.90. The predicted octanol–water partition coefficient (Wildman–Crippen LogP) is 4.77. The van der Waals surface area contributed by atoms with Crippen molar-refractivity contribution in [3.05, 3.63) is 24.0 Å². The number of ketones is 2. The number of Topliss-reactive ketones (excluding diaryl/α,β-unsaturated/α-hetero) is 1. The molecule has 0 radical (unpaired) electrons. The summed E-state index contributed by atoms with van der Waals surface area (Å²) in [5.41, 5.74) is -0.992. The molecule has 1 fully saturated rings.